The molecule has 0 unspecified atom stereocenters. The first-order valence-electron chi connectivity index (χ1n) is 11.9. The minimum Gasteiger partial charge on any atom is -0.454 e. The molecule has 1 aromatic heterocycles. The first-order chi connectivity index (χ1) is 18.4. The molecule has 6 rings (SSSR count). The van der Waals surface area contributed by atoms with Crippen molar-refractivity contribution < 1.29 is 19.1 Å². The summed E-state index contributed by atoms with van der Waals surface area (Å²) in [5.41, 5.74) is 1.04. The fraction of sp³-hybridized carbons (Fsp3) is 0.100. The predicted molar refractivity (Wildman–Crippen MR) is 147 cm³/mol. The second-order valence-electron chi connectivity index (χ2n) is 9.04. The van der Waals surface area contributed by atoms with Crippen LogP contribution in [0.2, 0.25) is 5.02 Å². The van der Waals surface area contributed by atoms with Crippen molar-refractivity contribution >= 4 is 50.7 Å². The lowest BCUT2D eigenvalue weighted by atomic mass is 9.99. The van der Waals surface area contributed by atoms with Crippen LogP contribution in [-0.4, -0.2) is 30.1 Å². The van der Waals surface area contributed by atoms with E-state index in [1.54, 1.807) is 60.1 Å². The van der Waals surface area contributed by atoms with E-state index in [1.807, 2.05) is 30.3 Å². The molecule has 0 aliphatic carbocycles. The molecule has 0 atom stereocenters. The Kier molecular flexibility index (Phi) is 5.85. The quantitative estimate of drug-likeness (QED) is 0.286. The molecule has 1 amide bonds. The van der Waals surface area contributed by atoms with Crippen molar-refractivity contribution in [1.82, 2.24) is 4.57 Å². The molecule has 1 aliphatic rings. The summed E-state index contributed by atoms with van der Waals surface area (Å²) < 4.78 is 12.6. The number of carbonyl (C=O) groups excluding carboxylic acids is 2. The van der Waals surface area contributed by atoms with E-state index in [-0.39, 0.29) is 30.2 Å². The summed E-state index contributed by atoms with van der Waals surface area (Å²) >= 11 is 5.99. The summed E-state index contributed by atoms with van der Waals surface area (Å²) in [5, 5.41) is 2.71. The molecule has 1 aliphatic heterocycles. The lowest BCUT2D eigenvalue weighted by molar-refractivity contribution is -0.118. The fourth-order valence-electron chi connectivity index (χ4n) is 4.62. The zero-order chi connectivity index (χ0) is 26.4. The van der Waals surface area contributed by atoms with Crippen molar-refractivity contribution in [2.45, 2.75) is 6.54 Å². The number of likely N-dealkylation sites (N-methyl/N-ethyl adjacent to an activating group) is 1. The number of hydrogen-bond donors (Lipinski definition) is 0. The molecule has 0 bridgehead atoms. The molecular formula is C30H21ClN2O5. The maximum atomic E-state index is 13.6. The molecule has 0 fully saturated rings. The summed E-state index contributed by atoms with van der Waals surface area (Å²) in [7, 11) is 1.66. The molecular weight excluding hydrogens is 504 g/mol. The van der Waals surface area contributed by atoms with Crippen LogP contribution in [0.15, 0.2) is 89.9 Å². The van der Waals surface area contributed by atoms with Gasteiger partial charge in [0.05, 0.1) is 16.5 Å². The molecule has 0 spiro atoms. The van der Waals surface area contributed by atoms with Gasteiger partial charge >= 0.3 is 0 Å². The van der Waals surface area contributed by atoms with Gasteiger partial charge in [-0.25, -0.2) is 0 Å². The van der Waals surface area contributed by atoms with Crippen molar-refractivity contribution in [3.05, 3.63) is 111 Å². The zero-order valence-electron chi connectivity index (χ0n) is 20.3. The standard InChI is InChI=1S/C30H21ClN2O5/c1-32(22-10-8-21(31)9-11-22)28(34)16-33-15-24(29(35)20-7-6-18-4-2-3-5-19(18)12-20)30(36)23-13-26-27(14-25(23)33)38-17-37-26/h2-15H,16-17H2,1H3. The Morgan fingerprint density at radius 2 is 1.63 bits per heavy atom. The van der Waals surface area contributed by atoms with Crippen molar-refractivity contribution in [1.29, 1.82) is 0 Å². The average Bonchev–Trinajstić information content (AvgIpc) is 3.41. The summed E-state index contributed by atoms with van der Waals surface area (Å²) in [5.74, 6) is 0.213. The highest BCUT2D eigenvalue weighted by Crippen LogP contribution is 2.35. The van der Waals surface area contributed by atoms with Gasteiger partial charge in [-0.3, -0.25) is 14.4 Å². The molecule has 0 radical (unpaired) electrons. The normalized spacial score (nSPS) is 12.2. The van der Waals surface area contributed by atoms with Crippen LogP contribution in [0.4, 0.5) is 5.69 Å². The van der Waals surface area contributed by atoms with Crippen LogP contribution in [0.5, 0.6) is 11.5 Å². The molecule has 0 N–H and O–H groups in total. The Balaban J connectivity index is 1.46. The van der Waals surface area contributed by atoms with Crippen LogP contribution in [-0.2, 0) is 11.3 Å². The van der Waals surface area contributed by atoms with Gasteiger partial charge < -0.3 is 18.9 Å². The summed E-state index contributed by atoms with van der Waals surface area (Å²) in [6, 6.07) is 23.2. The number of pyridine rings is 1. The van der Waals surface area contributed by atoms with Gasteiger partial charge in [0.25, 0.3) is 0 Å². The minimum absolute atomic E-state index is 0.0287. The van der Waals surface area contributed by atoms with E-state index in [2.05, 4.69) is 0 Å². The van der Waals surface area contributed by atoms with Gasteiger partial charge in [-0.15, -0.1) is 0 Å². The third-order valence-corrected chi connectivity index (χ3v) is 6.98. The van der Waals surface area contributed by atoms with Crippen molar-refractivity contribution in [3.8, 4) is 11.5 Å². The molecule has 5 aromatic rings. The largest absolute Gasteiger partial charge is 0.454 e. The highest BCUT2D eigenvalue weighted by Gasteiger charge is 2.23. The number of halogens is 1. The SMILES string of the molecule is CN(C(=O)Cn1cc(C(=O)c2ccc3ccccc3c2)c(=O)c2cc3c(cc21)OCO3)c1ccc(Cl)cc1. The fourth-order valence-corrected chi connectivity index (χ4v) is 4.74. The maximum Gasteiger partial charge on any atom is 0.246 e. The van der Waals surface area contributed by atoms with E-state index in [1.165, 1.54) is 11.1 Å². The molecule has 2 heterocycles. The second kappa shape index (κ2) is 9.36. The summed E-state index contributed by atoms with van der Waals surface area (Å²) in [4.78, 5) is 42.0. The van der Waals surface area contributed by atoms with Crippen LogP contribution in [0.1, 0.15) is 15.9 Å². The Morgan fingerprint density at radius 1 is 0.921 bits per heavy atom. The van der Waals surface area contributed by atoms with Crippen molar-refractivity contribution in [2.24, 2.45) is 0 Å². The number of hydrogen-bond acceptors (Lipinski definition) is 5. The van der Waals surface area contributed by atoms with Crippen molar-refractivity contribution in [3.63, 3.8) is 0 Å². The number of ketones is 1. The molecule has 188 valence electrons. The van der Waals surface area contributed by atoms with Gasteiger partial charge in [0.15, 0.2) is 17.3 Å². The average molecular weight is 525 g/mol. The molecule has 7 nitrogen and oxygen atoms in total. The Hall–Kier alpha value is -4.62. The highest BCUT2D eigenvalue weighted by molar-refractivity contribution is 6.30. The molecule has 8 heteroatoms. The van der Waals surface area contributed by atoms with E-state index >= 15 is 0 Å². The number of aromatic nitrogens is 1. The third kappa shape index (κ3) is 4.17. The Labute approximate surface area is 222 Å². The van der Waals surface area contributed by atoms with Crippen LogP contribution in [0.25, 0.3) is 21.7 Å². The second-order valence-corrected chi connectivity index (χ2v) is 9.48. The van der Waals surface area contributed by atoms with E-state index in [0.717, 1.165) is 10.8 Å². The van der Waals surface area contributed by atoms with Crippen LogP contribution < -0.4 is 19.8 Å². The lowest BCUT2D eigenvalue weighted by Gasteiger charge is -2.20. The molecule has 38 heavy (non-hydrogen) atoms. The topological polar surface area (TPSA) is 77.8 Å². The summed E-state index contributed by atoms with van der Waals surface area (Å²) in [6.07, 6.45) is 1.46. The number of nitrogens with zero attached hydrogens (tertiary/aromatic N) is 2. The molecule has 4 aromatic carbocycles. The smallest absolute Gasteiger partial charge is 0.246 e. The number of benzene rings is 4. The van der Waals surface area contributed by atoms with Gasteiger partial charge in [-0.05, 0) is 47.2 Å². The van der Waals surface area contributed by atoms with Crippen LogP contribution >= 0.6 is 11.6 Å². The van der Waals surface area contributed by atoms with Gasteiger partial charge in [-0.1, -0.05) is 48.0 Å². The molecule has 0 saturated heterocycles. The monoisotopic (exact) mass is 524 g/mol. The Bertz CT molecular complexity index is 1810. The number of anilines is 1. The Morgan fingerprint density at radius 3 is 2.39 bits per heavy atom. The van der Waals surface area contributed by atoms with Crippen molar-refractivity contribution in [2.75, 3.05) is 18.7 Å². The first-order valence-corrected chi connectivity index (χ1v) is 12.3. The highest BCUT2D eigenvalue weighted by atomic mass is 35.5. The van der Waals surface area contributed by atoms with E-state index in [4.69, 9.17) is 21.1 Å². The summed E-state index contributed by atoms with van der Waals surface area (Å²) in [6.45, 7) is -0.0888. The van der Waals surface area contributed by atoms with Gasteiger partial charge in [-0.2, -0.15) is 0 Å². The van der Waals surface area contributed by atoms with Crippen LogP contribution in [0.3, 0.4) is 0 Å². The van der Waals surface area contributed by atoms with E-state index in [0.29, 0.717) is 33.3 Å². The van der Waals surface area contributed by atoms with Gasteiger partial charge in [0.1, 0.15) is 6.54 Å². The lowest BCUT2D eigenvalue weighted by Crippen LogP contribution is -2.31. The van der Waals surface area contributed by atoms with Crippen LogP contribution in [0, 0.1) is 0 Å². The molecule has 0 saturated carbocycles. The number of amides is 1. The zero-order valence-corrected chi connectivity index (χ0v) is 21.1. The maximum absolute atomic E-state index is 13.6. The van der Waals surface area contributed by atoms with E-state index < -0.39 is 11.2 Å². The number of fused-ring (bicyclic) bond motifs is 3. The predicted octanol–water partition coefficient (Wildman–Crippen LogP) is 5.43. The first kappa shape index (κ1) is 23.8. The minimum atomic E-state index is -0.439. The number of rotatable bonds is 5. The van der Waals surface area contributed by atoms with Gasteiger partial charge in [0.2, 0.25) is 18.1 Å². The van der Waals surface area contributed by atoms with E-state index in [9.17, 15) is 14.4 Å². The van der Waals surface area contributed by atoms with Gasteiger partial charge in [0, 0.05) is 35.6 Å². The number of carbonyl (C=O) groups is 2. The number of ether oxygens (including phenoxy) is 2. The third-order valence-electron chi connectivity index (χ3n) is 6.72.